The maximum absolute atomic E-state index is 12.5. The molecule has 7 heteroatoms. The minimum absolute atomic E-state index is 0.0836. The second-order valence-corrected chi connectivity index (χ2v) is 7.93. The molecule has 5 nitrogen and oxygen atoms in total. The molecule has 0 radical (unpaired) electrons. The lowest BCUT2D eigenvalue weighted by Crippen LogP contribution is -2.38. The number of halogens is 1. The van der Waals surface area contributed by atoms with Crippen molar-refractivity contribution in [3.05, 3.63) is 28.8 Å². The van der Waals surface area contributed by atoms with E-state index >= 15 is 0 Å². The Morgan fingerprint density at radius 2 is 1.91 bits per heavy atom. The summed E-state index contributed by atoms with van der Waals surface area (Å²) in [6, 6.07) is 4.90. The summed E-state index contributed by atoms with van der Waals surface area (Å²) in [6.07, 6.45) is 6.66. The number of nitrogens with one attached hydrogen (secondary N) is 1. The predicted molar refractivity (Wildman–Crippen MR) is 88.9 cm³/mol. The van der Waals surface area contributed by atoms with Crippen LogP contribution < -0.4 is 4.72 Å². The van der Waals surface area contributed by atoms with E-state index in [1.54, 1.807) is 11.0 Å². The lowest BCUT2D eigenvalue weighted by atomic mass is 9.94. The molecule has 0 aliphatic heterocycles. The Bertz CT molecular complexity index is 655. The Hall–Kier alpha value is -1.27. The van der Waals surface area contributed by atoms with Crippen LogP contribution in [0.4, 0.5) is 5.69 Å². The summed E-state index contributed by atoms with van der Waals surface area (Å²) >= 11 is 6.07. The highest BCUT2D eigenvalue weighted by Crippen LogP contribution is 2.26. The topological polar surface area (TPSA) is 66.5 Å². The lowest BCUT2D eigenvalue weighted by Gasteiger charge is -2.31. The Labute approximate surface area is 136 Å². The molecule has 1 aliphatic rings. The van der Waals surface area contributed by atoms with Gasteiger partial charge in [-0.25, -0.2) is 8.42 Å². The first-order valence-electron chi connectivity index (χ1n) is 7.32. The molecule has 0 atom stereocenters. The Balaban J connectivity index is 2.14. The minimum Gasteiger partial charge on any atom is -0.339 e. The van der Waals surface area contributed by atoms with Crippen LogP contribution in [0.5, 0.6) is 0 Å². The quantitative estimate of drug-likeness (QED) is 0.912. The molecule has 0 bridgehead atoms. The molecule has 0 aromatic heterocycles. The largest absolute Gasteiger partial charge is 0.339 e. The van der Waals surface area contributed by atoms with Gasteiger partial charge in [0.2, 0.25) is 10.0 Å². The van der Waals surface area contributed by atoms with Crippen molar-refractivity contribution >= 4 is 33.2 Å². The van der Waals surface area contributed by atoms with Gasteiger partial charge in [0.25, 0.3) is 5.91 Å². The van der Waals surface area contributed by atoms with Crippen LogP contribution in [0.1, 0.15) is 42.5 Å². The summed E-state index contributed by atoms with van der Waals surface area (Å²) in [7, 11) is -1.58. The van der Waals surface area contributed by atoms with Crippen LogP contribution in [-0.4, -0.2) is 38.6 Å². The summed E-state index contributed by atoms with van der Waals surface area (Å²) in [5.74, 6) is -0.0836. The highest BCUT2D eigenvalue weighted by Gasteiger charge is 2.23. The number of hydrogen-bond donors (Lipinski definition) is 1. The summed E-state index contributed by atoms with van der Waals surface area (Å²) in [4.78, 5) is 14.3. The van der Waals surface area contributed by atoms with Gasteiger partial charge >= 0.3 is 0 Å². The van der Waals surface area contributed by atoms with Crippen molar-refractivity contribution in [2.24, 2.45) is 0 Å². The van der Waals surface area contributed by atoms with Crippen LogP contribution >= 0.6 is 11.6 Å². The molecule has 1 N–H and O–H groups in total. The maximum atomic E-state index is 12.5. The summed E-state index contributed by atoms with van der Waals surface area (Å²) in [5, 5.41) is 0.216. The minimum atomic E-state index is -3.40. The van der Waals surface area contributed by atoms with E-state index < -0.39 is 10.0 Å². The lowest BCUT2D eigenvalue weighted by molar-refractivity contribution is 0.0696. The van der Waals surface area contributed by atoms with Crippen molar-refractivity contribution in [3.63, 3.8) is 0 Å². The van der Waals surface area contributed by atoms with E-state index in [9.17, 15) is 13.2 Å². The normalized spacial score (nSPS) is 16.3. The van der Waals surface area contributed by atoms with Crippen LogP contribution in [0.3, 0.4) is 0 Å². The maximum Gasteiger partial charge on any atom is 0.253 e. The van der Waals surface area contributed by atoms with Gasteiger partial charge in [-0.1, -0.05) is 30.9 Å². The molecule has 0 saturated heterocycles. The van der Waals surface area contributed by atoms with E-state index in [2.05, 4.69) is 4.72 Å². The number of hydrogen-bond acceptors (Lipinski definition) is 3. The number of carbonyl (C=O) groups is 1. The number of anilines is 1. The Morgan fingerprint density at radius 1 is 1.27 bits per heavy atom. The van der Waals surface area contributed by atoms with Crippen molar-refractivity contribution in [3.8, 4) is 0 Å². The number of sulfonamides is 1. The Morgan fingerprint density at radius 3 is 2.45 bits per heavy atom. The van der Waals surface area contributed by atoms with Crippen molar-refractivity contribution in [1.82, 2.24) is 4.90 Å². The fraction of sp³-hybridized carbons (Fsp3) is 0.533. The zero-order valence-electron chi connectivity index (χ0n) is 12.8. The SMILES string of the molecule is CN(C(=O)c1ccc(NS(C)(=O)=O)c(Cl)c1)C1CCCCC1. The summed E-state index contributed by atoms with van der Waals surface area (Å²) < 4.78 is 24.8. The fourth-order valence-electron chi connectivity index (χ4n) is 2.77. The van der Waals surface area contributed by atoms with Crippen LogP contribution in [0.2, 0.25) is 5.02 Å². The molecule has 1 fully saturated rings. The number of amides is 1. The van der Waals surface area contributed by atoms with Gasteiger partial charge < -0.3 is 4.90 Å². The summed E-state index contributed by atoms with van der Waals surface area (Å²) in [5.41, 5.74) is 0.748. The van der Waals surface area contributed by atoms with Crippen LogP contribution in [0.25, 0.3) is 0 Å². The smallest absolute Gasteiger partial charge is 0.253 e. The molecular formula is C15H21ClN2O3S. The average molecular weight is 345 g/mol. The van der Waals surface area contributed by atoms with Gasteiger partial charge in [0.1, 0.15) is 0 Å². The van der Waals surface area contributed by atoms with Crippen molar-refractivity contribution in [1.29, 1.82) is 0 Å². The third-order valence-corrected chi connectivity index (χ3v) is 4.86. The number of benzene rings is 1. The first-order valence-corrected chi connectivity index (χ1v) is 9.59. The van der Waals surface area contributed by atoms with Crippen molar-refractivity contribution in [2.45, 2.75) is 38.1 Å². The molecule has 0 spiro atoms. The first kappa shape index (κ1) is 17.1. The monoisotopic (exact) mass is 344 g/mol. The van der Waals surface area contributed by atoms with Crippen LogP contribution in [0.15, 0.2) is 18.2 Å². The molecule has 0 heterocycles. The van der Waals surface area contributed by atoms with Gasteiger partial charge in [-0.3, -0.25) is 9.52 Å². The second-order valence-electron chi connectivity index (χ2n) is 5.78. The van der Waals surface area contributed by atoms with Gasteiger partial charge in [-0.05, 0) is 31.0 Å². The second kappa shape index (κ2) is 6.87. The van der Waals surface area contributed by atoms with E-state index in [1.165, 1.54) is 18.6 Å². The fourth-order valence-corrected chi connectivity index (χ4v) is 3.63. The van der Waals surface area contributed by atoms with E-state index in [4.69, 9.17) is 11.6 Å². The predicted octanol–water partition coefficient (Wildman–Crippen LogP) is 3.12. The number of carbonyl (C=O) groups excluding carboxylic acids is 1. The van der Waals surface area contributed by atoms with E-state index in [1.807, 2.05) is 7.05 Å². The van der Waals surface area contributed by atoms with E-state index in [-0.39, 0.29) is 22.7 Å². The highest BCUT2D eigenvalue weighted by atomic mass is 35.5. The number of nitrogens with zero attached hydrogens (tertiary/aromatic N) is 1. The molecule has 0 unspecified atom stereocenters. The van der Waals surface area contributed by atoms with Gasteiger partial charge in [-0.2, -0.15) is 0 Å². The van der Waals surface area contributed by atoms with Crippen LogP contribution in [-0.2, 0) is 10.0 Å². The van der Waals surface area contributed by atoms with E-state index in [0.717, 1.165) is 31.9 Å². The zero-order valence-corrected chi connectivity index (χ0v) is 14.4. The third kappa shape index (κ3) is 4.36. The highest BCUT2D eigenvalue weighted by molar-refractivity contribution is 7.92. The van der Waals surface area contributed by atoms with E-state index in [0.29, 0.717) is 5.56 Å². The standard InChI is InChI=1S/C15H21ClN2O3S/c1-18(12-6-4-3-5-7-12)15(19)11-8-9-14(13(16)10-11)17-22(2,20)21/h8-10,12,17H,3-7H2,1-2H3. The van der Waals surface area contributed by atoms with Crippen LogP contribution in [0, 0.1) is 0 Å². The molecule has 1 aromatic rings. The third-order valence-electron chi connectivity index (χ3n) is 3.95. The molecule has 1 aromatic carbocycles. The van der Waals surface area contributed by atoms with Crippen molar-refractivity contribution < 1.29 is 13.2 Å². The van der Waals surface area contributed by atoms with Gasteiger partial charge in [0.15, 0.2) is 0 Å². The first-order chi connectivity index (χ1) is 10.3. The molecular weight excluding hydrogens is 324 g/mol. The summed E-state index contributed by atoms with van der Waals surface area (Å²) in [6.45, 7) is 0. The number of rotatable bonds is 4. The molecule has 2 rings (SSSR count). The molecule has 1 amide bonds. The van der Waals surface area contributed by atoms with Crippen molar-refractivity contribution in [2.75, 3.05) is 18.0 Å². The molecule has 122 valence electrons. The van der Waals surface area contributed by atoms with Gasteiger partial charge in [-0.15, -0.1) is 0 Å². The molecule has 1 saturated carbocycles. The zero-order chi connectivity index (χ0) is 16.3. The Kier molecular flexibility index (Phi) is 5.34. The van der Waals surface area contributed by atoms with Gasteiger partial charge in [0.05, 0.1) is 17.0 Å². The molecule has 22 heavy (non-hydrogen) atoms. The molecule has 1 aliphatic carbocycles. The van der Waals surface area contributed by atoms with Gasteiger partial charge in [0, 0.05) is 18.7 Å². The average Bonchev–Trinajstić information content (AvgIpc) is 2.47.